The minimum atomic E-state index is 1.02. The van der Waals surface area contributed by atoms with Gasteiger partial charge in [-0.2, -0.15) is 0 Å². The van der Waals surface area contributed by atoms with Crippen molar-refractivity contribution in [2.45, 2.75) is 39.5 Å². The summed E-state index contributed by atoms with van der Waals surface area (Å²) in [4.78, 5) is 0. The molecule has 0 aromatic heterocycles. The third-order valence-electron chi connectivity index (χ3n) is 2.90. The second kappa shape index (κ2) is 4.91. The Labute approximate surface area is 86.8 Å². The lowest BCUT2D eigenvalue weighted by Gasteiger charge is -2.20. The average molecular weight is 190 g/mol. The van der Waals surface area contributed by atoms with E-state index >= 15 is 0 Å². The van der Waals surface area contributed by atoms with Crippen LogP contribution in [0.2, 0.25) is 0 Å². The van der Waals surface area contributed by atoms with E-state index in [1.54, 1.807) is 7.11 Å². The highest BCUT2D eigenvalue weighted by atomic mass is 16.5. The van der Waals surface area contributed by atoms with Crippen molar-refractivity contribution < 1.29 is 4.74 Å². The molecule has 1 heteroatoms. The predicted molar refractivity (Wildman–Crippen MR) is 59.7 cm³/mol. The molecule has 0 radical (unpaired) electrons. The van der Waals surface area contributed by atoms with Gasteiger partial charge in [0.1, 0.15) is 0 Å². The fourth-order valence-corrected chi connectivity index (χ4v) is 1.83. The molecular weight excluding hydrogens is 172 g/mol. The Morgan fingerprint density at radius 2 is 1.93 bits per heavy atom. The zero-order valence-corrected chi connectivity index (χ0v) is 9.31. The molecule has 0 heterocycles. The monoisotopic (exact) mass is 190 g/mol. The topological polar surface area (TPSA) is 9.23 Å². The Balaban J connectivity index is 3.06. The number of rotatable bonds is 2. The summed E-state index contributed by atoms with van der Waals surface area (Å²) in [6, 6.07) is 0. The molecule has 0 aromatic carbocycles. The molecule has 1 rings (SSSR count). The van der Waals surface area contributed by atoms with Crippen LogP contribution in [0.3, 0.4) is 0 Å². The minimum Gasteiger partial charge on any atom is -0.501 e. The van der Waals surface area contributed by atoms with Gasteiger partial charge in [0.15, 0.2) is 0 Å². The molecular formula is C13H18O. The van der Waals surface area contributed by atoms with Gasteiger partial charge in [0.05, 0.1) is 12.9 Å². The van der Waals surface area contributed by atoms with Crippen LogP contribution < -0.4 is 0 Å². The molecule has 0 bridgehead atoms. The first-order chi connectivity index (χ1) is 6.70. The van der Waals surface area contributed by atoms with Crippen molar-refractivity contribution in [2.24, 2.45) is 0 Å². The summed E-state index contributed by atoms with van der Waals surface area (Å²) >= 11 is 0. The van der Waals surface area contributed by atoms with Gasteiger partial charge in [0.2, 0.25) is 0 Å². The molecule has 0 aliphatic heterocycles. The van der Waals surface area contributed by atoms with Crippen LogP contribution >= 0.6 is 0 Å². The Kier molecular flexibility index (Phi) is 3.83. The van der Waals surface area contributed by atoms with Crippen molar-refractivity contribution >= 4 is 0 Å². The molecule has 0 saturated heterocycles. The Bertz CT molecular complexity index is 313. The first-order valence-corrected chi connectivity index (χ1v) is 5.11. The maximum atomic E-state index is 5.40. The molecule has 76 valence electrons. The third-order valence-corrected chi connectivity index (χ3v) is 2.90. The minimum absolute atomic E-state index is 1.02. The molecule has 1 nitrogen and oxygen atoms in total. The van der Waals surface area contributed by atoms with Crippen LogP contribution in [0.4, 0.5) is 0 Å². The summed E-state index contributed by atoms with van der Waals surface area (Å²) in [5, 5.41) is 0. The zero-order chi connectivity index (χ0) is 10.6. The molecule has 0 saturated carbocycles. The Morgan fingerprint density at radius 1 is 1.29 bits per heavy atom. The third kappa shape index (κ3) is 2.20. The number of hydrogen-bond acceptors (Lipinski definition) is 1. The summed E-state index contributed by atoms with van der Waals surface area (Å²) in [5.74, 6) is 3.82. The van der Waals surface area contributed by atoms with Gasteiger partial charge in [-0.1, -0.05) is 5.92 Å². The molecule has 0 spiro atoms. The van der Waals surface area contributed by atoms with E-state index in [0.717, 1.165) is 24.2 Å². The van der Waals surface area contributed by atoms with Gasteiger partial charge in [-0.25, -0.2) is 0 Å². The quantitative estimate of drug-likeness (QED) is 0.606. The molecule has 0 unspecified atom stereocenters. The van der Waals surface area contributed by atoms with Crippen LogP contribution in [0.15, 0.2) is 22.5 Å². The van der Waals surface area contributed by atoms with E-state index < -0.39 is 0 Å². The van der Waals surface area contributed by atoms with Crippen molar-refractivity contribution in [3.8, 4) is 12.3 Å². The van der Waals surface area contributed by atoms with Crippen LogP contribution in [-0.4, -0.2) is 7.11 Å². The lowest BCUT2D eigenvalue weighted by atomic mass is 9.90. The van der Waals surface area contributed by atoms with E-state index in [1.807, 2.05) is 6.92 Å². The Hall–Kier alpha value is -1.16. The second-order valence-corrected chi connectivity index (χ2v) is 3.71. The fourth-order valence-electron chi connectivity index (χ4n) is 1.83. The summed E-state index contributed by atoms with van der Waals surface area (Å²) in [5.41, 5.74) is 3.58. The summed E-state index contributed by atoms with van der Waals surface area (Å²) in [6.45, 7) is 4.08. The van der Waals surface area contributed by atoms with Gasteiger partial charge in [-0.15, -0.1) is 6.42 Å². The highest BCUT2D eigenvalue weighted by molar-refractivity contribution is 5.42. The lowest BCUT2D eigenvalue weighted by molar-refractivity contribution is 0.262. The van der Waals surface area contributed by atoms with Crippen molar-refractivity contribution in [1.29, 1.82) is 0 Å². The standard InChI is InChI=1S/C13H18O/c1-5-10(2)11(3)12-8-6-7-9-13(12)14-4/h1H,6-9H2,2-4H3/b11-10+. The smallest absolute Gasteiger partial charge is 0.0990 e. The zero-order valence-electron chi connectivity index (χ0n) is 9.31. The number of methoxy groups -OCH3 is 1. The largest absolute Gasteiger partial charge is 0.501 e. The first-order valence-electron chi connectivity index (χ1n) is 5.11. The fraction of sp³-hybridized carbons (Fsp3) is 0.538. The molecule has 0 N–H and O–H groups in total. The van der Waals surface area contributed by atoms with E-state index in [1.165, 1.54) is 24.0 Å². The summed E-state index contributed by atoms with van der Waals surface area (Å²) in [7, 11) is 1.75. The predicted octanol–water partition coefficient (Wildman–Crippen LogP) is 3.43. The van der Waals surface area contributed by atoms with Crippen LogP contribution in [-0.2, 0) is 4.74 Å². The molecule has 1 aliphatic rings. The van der Waals surface area contributed by atoms with E-state index in [4.69, 9.17) is 11.2 Å². The number of terminal acetylenes is 1. The number of ether oxygens (including phenoxy) is 1. The van der Waals surface area contributed by atoms with Gasteiger partial charge in [-0.3, -0.25) is 0 Å². The highest BCUT2D eigenvalue weighted by Crippen LogP contribution is 2.31. The van der Waals surface area contributed by atoms with Crippen molar-refractivity contribution in [1.82, 2.24) is 0 Å². The number of hydrogen-bond donors (Lipinski definition) is 0. The molecule has 0 aromatic rings. The highest BCUT2D eigenvalue weighted by Gasteiger charge is 2.15. The molecule has 0 amide bonds. The van der Waals surface area contributed by atoms with E-state index in [2.05, 4.69) is 12.8 Å². The van der Waals surface area contributed by atoms with E-state index in [9.17, 15) is 0 Å². The SMILES string of the molecule is C#C/C(C)=C(\C)C1=C(OC)CCCC1. The molecule has 1 aliphatic carbocycles. The van der Waals surface area contributed by atoms with Crippen molar-refractivity contribution in [3.63, 3.8) is 0 Å². The lowest BCUT2D eigenvalue weighted by Crippen LogP contribution is -2.03. The summed E-state index contributed by atoms with van der Waals surface area (Å²) < 4.78 is 5.40. The van der Waals surface area contributed by atoms with Gasteiger partial charge in [-0.05, 0) is 44.3 Å². The van der Waals surface area contributed by atoms with Crippen molar-refractivity contribution in [3.05, 3.63) is 22.5 Å². The summed E-state index contributed by atoms with van der Waals surface area (Å²) in [6.07, 6.45) is 10.0. The van der Waals surface area contributed by atoms with Crippen molar-refractivity contribution in [2.75, 3.05) is 7.11 Å². The molecule has 14 heavy (non-hydrogen) atoms. The van der Waals surface area contributed by atoms with Gasteiger partial charge in [0.25, 0.3) is 0 Å². The van der Waals surface area contributed by atoms with Crippen LogP contribution in [0.25, 0.3) is 0 Å². The molecule has 0 atom stereocenters. The van der Waals surface area contributed by atoms with E-state index in [0.29, 0.717) is 0 Å². The number of allylic oxidation sites excluding steroid dienone is 4. The normalized spacial score (nSPS) is 18.7. The van der Waals surface area contributed by atoms with Crippen LogP contribution in [0.5, 0.6) is 0 Å². The molecule has 0 fully saturated rings. The average Bonchev–Trinajstić information content (AvgIpc) is 2.26. The van der Waals surface area contributed by atoms with Crippen LogP contribution in [0, 0.1) is 12.3 Å². The maximum Gasteiger partial charge on any atom is 0.0990 e. The maximum absolute atomic E-state index is 5.40. The first kappa shape index (κ1) is 10.9. The van der Waals surface area contributed by atoms with Gasteiger partial charge < -0.3 is 4.74 Å². The Morgan fingerprint density at radius 3 is 2.50 bits per heavy atom. The second-order valence-electron chi connectivity index (χ2n) is 3.71. The van der Waals surface area contributed by atoms with E-state index in [-0.39, 0.29) is 0 Å². The van der Waals surface area contributed by atoms with Gasteiger partial charge >= 0.3 is 0 Å². The van der Waals surface area contributed by atoms with Crippen LogP contribution in [0.1, 0.15) is 39.5 Å². The van der Waals surface area contributed by atoms with Gasteiger partial charge in [0, 0.05) is 12.0 Å².